The lowest BCUT2D eigenvalue weighted by Crippen LogP contribution is -2.29. The van der Waals surface area contributed by atoms with Crippen molar-refractivity contribution in [1.82, 2.24) is 9.78 Å². The van der Waals surface area contributed by atoms with Gasteiger partial charge in [-0.15, -0.1) is 0 Å². The first-order chi connectivity index (χ1) is 13.6. The zero-order chi connectivity index (χ0) is 21.0. The number of aliphatic hydroxyl groups excluding tert-OH is 1. The van der Waals surface area contributed by atoms with Crippen molar-refractivity contribution in [3.8, 4) is 0 Å². The van der Waals surface area contributed by atoms with Crippen molar-refractivity contribution in [3.05, 3.63) is 52.8 Å². The van der Waals surface area contributed by atoms with Crippen molar-refractivity contribution in [2.75, 3.05) is 0 Å². The number of esters is 1. The molecule has 1 fully saturated rings. The van der Waals surface area contributed by atoms with E-state index in [4.69, 9.17) is 4.74 Å². The summed E-state index contributed by atoms with van der Waals surface area (Å²) in [7, 11) is 0. The van der Waals surface area contributed by atoms with Crippen LogP contribution in [0.5, 0.6) is 0 Å². The number of aromatic nitrogens is 2. The Morgan fingerprint density at radius 3 is 2.48 bits per heavy atom. The standard InChI is InChI=1S/C19H17F5N2O3/c20-18(21)9-13-14(16(18)29-17(28)10-4-2-1-3-5-10)15(19(22,23)24)25-26(13)11-6-7-12(27)8-11/h1-5,11-12,16,27H,6-9H2/t11-,12-,16-/m0/s1. The van der Waals surface area contributed by atoms with Crippen LogP contribution in [0.2, 0.25) is 0 Å². The largest absolute Gasteiger partial charge is 0.447 e. The number of benzene rings is 1. The fourth-order valence-corrected chi connectivity index (χ4v) is 4.02. The number of carbonyl (C=O) groups excluding carboxylic acids is 1. The van der Waals surface area contributed by atoms with Crippen molar-refractivity contribution < 1.29 is 36.6 Å². The molecule has 0 radical (unpaired) electrons. The average Bonchev–Trinajstić information content (AvgIpc) is 3.29. The molecule has 1 heterocycles. The van der Waals surface area contributed by atoms with Crippen molar-refractivity contribution in [2.24, 2.45) is 0 Å². The highest BCUT2D eigenvalue weighted by atomic mass is 19.4. The molecule has 2 aliphatic rings. The van der Waals surface area contributed by atoms with Crippen LogP contribution in [0, 0.1) is 0 Å². The second kappa shape index (κ2) is 6.79. The first kappa shape index (κ1) is 19.8. The van der Waals surface area contributed by atoms with Gasteiger partial charge >= 0.3 is 12.1 Å². The van der Waals surface area contributed by atoms with Crippen LogP contribution in [-0.4, -0.2) is 32.9 Å². The predicted molar refractivity (Wildman–Crippen MR) is 89.4 cm³/mol. The van der Waals surface area contributed by atoms with Gasteiger partial charge in [0.2, 0.25) is 0 Å². The van der Waals surface area contributed by atoms with Crippen molar-refractivity contribution >= 4 is 5.97 Å². The molecule has 0 saturated heterocycles. The van der Waals surface area contributed by atoms with Crippen molar-refractivity contribution in [3.63, 3.8) is 0 Å². The minimum absolute atomic E-state index is 0.0448. The Morgan fingerprint density at radius 2 is 1.90 bits per heavy atom. The van der Waals surface area contributed by atoms with Crippen LogP contribution in [0.25, 0.3) is 0 Å². The van der Waals surface area contributed by atoms with E-state index >= 15 is 0 Å². The molecule has 0 unspecified atom stereocenters. The minimum atomic E-state index is -5.00. The molecule has 1 aromatic carbocycles. The quantitative estimate of drug-likeness (QED) is 0.605. The number of ether oxygens (including phenoxy) is 1. The van der Waals surface area contributed by atoms with E-state index in [-0.39, 0.29) is 17.7 Å². The van der Waals surface area contributed by atoms with Gasteiger partial charge in [-0.25, -0.2) is 13.6 Å². The lowest BCUT2D eigenvalue weighted by atomic mass is 10.1. The van der Waals surface area contributed by atoms with E-state index in [1.807, 2.05) is 0 Å². The Balaban J connectivity index is 1.76. The summed E-state index contributed by atoms with van der Waals surface area (Å²) < 4.78 is 76.0. The molecule has 4 rings (SSSR count). The molecule has 1 saturated carbocycles. The number of carbonyl (C=O) groups is 1. The maximum absolute atomic E-state index is 14.7. The maximum Gasteiger partial charge on any atom is 0.435 e. The van der Waals surface area contributed by atoms with Gasteiger partial charge in [0.15, 0.2) is 11.8 Å². The number of fused-ring (bicyclic) bond motifs is 1. The van der Waals surface area contributed by atoms with Crippen LogP contribution in [0.4, 0.5) is 22.0 Å². The highest BCUT2D eigenvalue weighted by molar-refractivity contribution is 5.89. The summed E-state index contributed by atoms with van der Waals surface area (Å²) in [4.78, 5) is 12.3. The Hall–Kier alpha value is -2.49. The van der Waals surface area contributed by atoms with E-state index in [0.717, 1.165) is 4.68 Å². The summed E-state index contributed by atoms with van der Waals surface area (Å²) in [5, 5.41) is 13.3. The zero-order valence-electron chi connectivity index (χ0n) is 15.0. The zero-order valence-corrected chi connectivity index (χ0v) is 15.0. The lowest BCUT2D eigenvalue weighted by Gasteiger charge is -2.21. The van der Waals surface area contributed by atoms with Gasteiger partial charge in [-0.05, 0) is 31.4 Å². The van der Waals surface area contributed by atoms with Crippen LogP contribution in [-0.2, 0) is 17.3 Å². The second-order valence-electron chi connectivity index (χ2n) is 7.36. The molecule has 0 spiro atoms. The number of hydrogen-bond acceptors (Lipinski definition) is 4. The third kappa shape index (κ3) is 3.50. The number of hydrogen-bond donors (Lipinski definition) is 1. The molecule has 156 valence electrons. The molecule has 10 heteroatoms. The molecule has 3 atom stereocenters. The minimum Gasteiger partial charge on any atom is -0.447 e. The summed E-state index contributed by atoms with van der Waals surface area (Å²) >= 11 is 0. The van der Waals surface area contributed by atoms with E-state index < -0.39 is 54.0 Å². The van der Waals surface area contributed by atoms with Gasteiger partial charge < -0.3 is 9.84 Å². The summed E-state index contributed by atoms with van der Waals surface area (Å²) in [5.41, 5.74) is -2.62. The molecular weight excluding hydrogens is 399 g/mol. The highest BCUT2D eigenvalue weighted by Crippen LogP contribution is 2.51. The first-order valence-electron chi connectivity index (χ1n) is 9.08. The van der Waals surface area contributed by atoms with Gasteiger partial charge in [0.25, 0.3) is 5.92 Å². The maximum atomic E-state index is 14.7. The monoisotopic (exact) mass is 416 g/mol. The molecule has 0 bridgehead atoms. The molecule has 1 N–H and O–H groups in total. The SMILES string of the molecule is O=C(O[C@H]1c2c(C(F)(F)F)nn([C@H]3CC[C@H](O)C3)c2CC1(F)F)c1ccccc1. The number of rotatable bonds is 3. The molecule has 5 nitrogen and oxygen atoms in total. The summed E-state index contributed by atoms with van der Waals surface area (Å²) in [6.07, 6.45) is -8.32. The average molecular weight is 416 g/mol. The predicted octanol–water partition coefficient (Wildman–Crippen LogP) is 4.08. The van der Waals surface area contributed by atoms with Gasteiger partial charge in [-0.1, -0.05) is 18.2 Å². The molecule has 2 aliphatic carbocycles. The van der Waals surface area contributed by atoms with E-state index in [2.05, 4.69) is 5.10 Å². The highest BCUT2D eigenvalue weighted by Gasteiger charge is 2.58. The Morgan fingerprint density at radius 1 is 1.21 bits per heavy atom. The van der Waals surface area contributed by atoms with Gasteiger partial charge in [0.05, 0.1) is 35.4 Å². The van der Waals surface area contributed by atoms with Crippen LogP contribution < -0.4 is 0 Å². The van der Waals surface area contributed by atoms with Gasteiger partial charge in [0.1, 0.15) is 0 Å². The summed E-state index contributed by atoms with van der Waals surface area (Å²) in [6, 6.07) is 6.60. The number of nitrogens with zero attached hydrogens (tertiary/aromatic N) is 2. The van der Waals surface area contributed by atoms with Crippen molar-refractivity contribution in [2.45, 2.75) is 56.0 Å². The van der Waals surface area contributed by atoms with E-state index in [1.54, 1.807) is 6.07 Å². The normalized spacial score (nSPS) is 25.8. The molecule has 1 aromatic heterocycles. The Labute approximate surface area is 162 Å². The molecule has 29 heavy (non-hydrogen) atoms. The van der Waals surface area contributed by atoms with E-state index in [9.17, 15) is 31.9 Å². The smallest absolute Gasteiger partial charge is 0.435 e. The number of alkyl halides is 5. The van der Waals surface area contributed by atoms with Gasteiger partial charge in [0, 0.05) is 0 Å². The fraction of sp³-hybridized carbons (Fsp3) is 0.474. The molecule has 0 amide bonds. The van der Waals surface area contributed by atoms with Crippen LogP contribution >= 0.6 is 0 Å². The third-order valence-corrected chi connectivity index (χ3v) is 5.33. The third-order valence-electron chi connectivity index (χ3n) is 5.33. The van der Waals surface area contributed by atoms with Crippen LogP contribution in [0.1, 0.15) is 58.7 Å². The summed E-state index contributed by atoms with van der Waals surface area (Å²) in [5.74, 6) is -4.85. The van der Waals surface area contributed by atoms with E-state index in [1.165, 1.54) is 24.3 Å². The summed E-state index contributed by atoms with van der Waals surface area (Å²) in [6.45, 7) is 0. The van der Waals surface area contributed by atoms with Crippen LogP contribution in [0.15, 0.2) is 30.3 Å². The number of aliphatic hydroxyl groups is 1. The first-order valence-corrected chi connectivity index (χ1v) is 9.08. The number of halogens is 5. The molecular formula is C19H17F5N2O3. The molecule has 2 aromatic rings. The van der Waals surface area contributed by atoms with Gasteiger partial charge in [-0.3, -0.25) is 4.68 Å². The topological polar surface area (TPSA) is 64.3 Å². The second-order valence-corrected chi connectivity index (χ2v) is 7.36. The lowest BCUT2D eigenvalue weighted by molar-refractivity contribution is -0.147. The Bertz CT molecular complexity index is 926. The van der Waals surface area contributed by atoms with Crippen molar-refractivity contribution in [1.29, 1.82) is 0 Å². The Kier molecular flexibility index (Phi) is 4.64. The molecule has 0 aliphatic heterocycles. The fourth-order valence-electron chi connectivity index (χ4n) is 4.02. The van der Waals surface area contributed by atoms with E-state index in [0.29, 0.717) is 12.8 Å². The van der Waals surface area contributed by atoms with Crippen LogP contribution in [0.3, 0.4) is 0 Å². The van der Waals surface area contributed by atoms with Gasteiger partial charge in [-0.2, -0.15) is 18.3 Å².